The van der Waals surface area contributed by atoms with Gasteiger partial charge in [-0.1, -0.05) is 11.9 Å². The number of hydrogen-bond acceptors (Lipinski definition) is 8. The number of quaternary nitrogens is 1. The number of nitrogens with zero attached hydrogens (tertiary/aromatic N) is 7. The van der Waals surface area contributed by atoms with E-state index in [4.69, 9.17) is 0 Å². The molecule has 0 unspecified atom stereocenters. The van der Waals surface area contributed by atoms with Gasteiger partial charge >= 0.3 is 5.95 Å². The molecule has 40 heavy (non-hydrogen) atoms. The van der Waals surface area contributed by atoms with Gasteiger partial charge in [-0.3, -0.25) is 4.79 Å². The fourth-order valence-electron chi connectivity index (χ4n) is 4.14. The number of pyridine rings is 1. The van der Waals surface area contributed by atoms with Crippen molar-refractivity contribution in [1.29, 1.82) is 0 Å². The number of hydrogen-bond donors (Lipinski definition) is 2. The lowest BCUT2D eigenvalue weighted by molar-refractivity contribution is -0.898. The van der Waals surface area contributed by atoms with Crippen molar-refractivity contribution >= 4 is 56.0 Å². The zero-order chi connectivity index (χ0) is 29.0. The van der Waals surface area contributed by atoms with Crippen LogP contribution in [0.4, 0.5) is 27.7 Å². The number of fused-ring (bicyclic) bond motifs is 1. The van der Waals surface area contributed by atoms with Gasteiger partial charge in [0.2, 0.25) is 5.91 Å². The van der Waals surface area contributed by atoms with Crippen LogP contribution >= 0.6 is 15.9 Å². The molecule has 3 heterocycles. The zero-order valence-corrected chi connectivity index (χ0v) is 23.9. The first-order chi connectivity index (χ1) is 19.0. The van der Waals surface area contributed by atoms with Gasteiger partial charge < -0.3 is 25.2 Å². The minimum absolute atomic E-state index is 0.182. The Kier molecular flexibility index (Phi) is 8.49. The predicted octanol–water partition coefficient (Wildman–Crippen LogP) is 4.65. The Balaban J connectivity index is 1.44. The number of aryl methyl sites for hydroxylation is 1. The van der Waals surface area contributed by atoms with Gasteiger partial charge in [-0.05, 0) is 51.2 Å². The van der Waals surface area contributed by atoms with Gasteiger partial charge in [-0.2, -0.15) is 0 Å². The standard InChI is InChI=1S/C26H27BrFN9O3/c1-5-20-22(35(2)26(33-20)36(39)40)14-37(3,4)10-6-7-24(38)34-23-12-17-21(13-29-23)30-15-31-25(17)32-16-8-9-19(28)18(27)11-16/h6-9,11-13,15H,5,10,14H2,1-4H3,(H-,29,30,31,32,34,38)/p+1. The van der Waals surface area contributed by atoms with Crippen molar-refractivity contribution in [3.05, 3.63) is 80.7 Å². The number of halogens is 2. The SMILES string of the molecule is CCc1nc([N+](=O)[O-])n(C)c1C[N+](C)(C)CC=CC(=O)Nc1cc2c(Nc3ccc(F)c(Br)c3)ncnc2cn1. The Morgan fingerprint density at radius 2 is 2.02 bits per heavy atom. The lowest BCUT2D eigenvalue weighted by Gasteiger charge is -2.27. The third-order valence-corrected chi connectivity index (χ3v) is 6.78. The molecule has 0 radical (unpaired) electrons. The highest BCUT2D eigenvalue weighted by molar-refractivity contribution is 9.10. The monoisotopic (exact) mass is 612 g/mol. The number of nitrogens with one attached hydrogen (secondary N) is 2. The molecule has 4 rings (SSSR count). The minimum Gasteiger partial charge on any atom is -0.390 e. The first-order valence-corrected chi connectivity index (χ1v) is 13.1. The van der Waals surface area contributed by atoms with Crippen LogP contribution in [-0.2, 0) is 24.8 Å². The number of anilines is 3. The molecule has 2 N–H and O–H groups in total. The maximum absolute atomic E-state index is 13.6. The fraction of sp³-hybridized carbons (Fsp3) is 0.269. The van der Waals surface area contributed by atoms with Crippen LogP contribution in [0.2, 0.25) is 0 Å². The summed E-state index contributed by atoms with van der Waals surface area (Å²) in [5.74, 6) is -0.152. The molecule has 0 fully saturated rings. The van der Waals surface area contributed by atoms with Crippen LogP contribution < -0.4 is 10.6 Å². The molecule has 0 atom stereocenters. The van der Waals surface area contributed by atoms with Crippen molar-refractivity contribution in [2.75, 3.05) is 31.3 Å². The zero-order valence-electron chi connectivity index (χ0n) is 22.4. The molecule has 4 aromatic rings. The van der Waals surface area contributed by atoms with Crippen LogP contribution in [0, 0.1) is 15.9 Å². The summed E-state index contributed by atoms with van der Waals surface area (Å²) in [6.07, 6.45) is 6.67. The van der Waals surface area contributed by atoms with Crippen LogP contribution in [0.1, 0.15) is 18.3 Å². The summed E-state index contributed by atoms with van der Waals surface area (Å²) in [5, 5.41) is 17.8. The predicted molar refractivity (Wildman–Crippen MR) is 152 cm³/mol. The van der Waals surface area contributed by atoms with Crippen molar-refractivity contribution in [2.45, 2.75) is 19.9 Å². The number of imidazole rings is 1. The number of aromatic nitrogens is 5. The average Bonchev–Trinajstić information content (AvgIpc) is 3.21. The minimum atomic E-state index is -0.485. The molecule has 0 bridgehead atoms. The maximum Gasteiger partial charge on any atom is 0.435 e. The summed E-state index contributed by atoms with van der Waals surface area (Å²) in [6.45, 7) is 2.91. The van der Waals surface area contributed by atoms with Gasteiger partial charge in [0, 0.05) is 23.6 Å². The third-order valence-electron chi connectivity index (χ3n) is 6.17. The second kappa shape index (κ2) is 11.8. The Morgan fingerprint density at radius 1 is 1.25 bits per heavy atom. The number of nitro groups is 1. The first-order valence-electron chi connectivity index (χ1n) is 12.3. The van der Waals surface area contributed by atoms with Crippen molar-refractivity contribution in [3.63, 3.8) is 0 Å². The van der Waals surface area contributed by atoms with E-state index in [2.05, 4.69) is 46.5 Å². The van der Waals surface area contributed by atoms with E-state index in [1.807, 2.05) is 21.0 Å². The molecule has 0 aliphatic heterocycles. The second-order valence-corrected chi connectivity index (χ2v) is 10.6. The highest BCUT2D eigenvalue weighted by Gasteiger charge is 2.29. The van der Waals surface area contributed by atoms with Crippen LogP contribution in [-0.4, -0.2) is 60.5 Å². The molecule has 3 aromatic heterocycles. The van der Waals surface area contributed by atoms with Gasteiger partial charge in [0.1, 0.15) is 30.3 Å². The third kappa shape index (κ3) is 6.63. The molecule has 14 heteroatoms. The van der Waals surface area contributed by atoms with Crippen molar-refractivity contribution in [2.24, 2.45) is 7.05 Å². The maximum atomic E-state index is 13.6. The Hall–Kier alpha value is -4.30. The van der Waals surface area contributed by atoms with Gasteiger partial charge in [-0.15, -0.1) is 0 Å². The number of likely N-dealkylation sites (N-methyl/N-ethyl adjacent to an activating group) is 1. The number of amides is 1. The van der Waals surface area contributed by atoms with Gasteiger partial charge in [0.05, 0.1) is 43.9 Å². The summed E-state index contributed by atoms with van der Waals surface area (Å²) >= 11 is 3.17. The number of carbonyl (C=O) groups is 1. The number of rotatable bonds is 10. The summed E-state index contributed by atoms with van der Waals surface area (Å²) in [4.78, 5) is 40.4. The van der Waals surface area contributed by atoms with Gasteiger partial charge in [-0.25, -0.2) is 23.9 Å². The lowest BCUT2D eigenvalue weighted by atomic mass is 10.2. The van der Waals surface area contributed by atoms with Crippen LogP contribution in [0.3, 0.4) is 0 Å². The normalized spacial score (nSPS) is 11.8. The highest BCUT2D eigenvalue weighted by atomic mass is 79.9. The second-order valence-electron chi connectivity index (χ2n) is 9.71. The lowest BCUT2D eigenvalue weighted by Crippen LogP contribution is -2.39. The fourth-order valence-corrected chi connectivity index (χ4v) is 4.52. The molecule has 208 valence electrons. The highest BCUT2D eigenvalue weighted by Crippen LogP contribution is 2.27. The van der Waals surface area contributed by atoms with Gasteiger partial charge in [0.15, 0.2) is 11.4 Å². The quantitative estimate of drug-likeness (QED) is 0.114. The molecule has 0 saturated heterocycles. The van der Waals surface area contributed by atoms with E-state index in [1.165, 1.54) is 29.2 Å². The molecule has 1 amide bonds. The number of benzene rings is 1. The molecule has 0 aliphatic rings. The molecule has 0 saturated carbocycles. The largest absolute Gasteiger partial charge is 0.435 e. The van der Waals surface area contributed by atoms with E-state index in [9.17, 15) is 19.3 Å². The summed E-state index contributed by atoms with van der Waals surface area (Å²) in [5.41, 5.74) is 2.66. The molecule has 12 nitrogen and oxygen atoms in total. The topological polar surface area (TPSA) is 141 Å². The van der Waals surface area contributed by atoms with E-state index < -0.39 is 4.92 Å². The molecular weight excluding hydrogens is 585 g/mol. The van der Waals surface area contributed by atoms with Crippen LogP contribution in [0.5, 0.6) is 0 Å². The molecular formula is C26H28BrFN9O3+. The summed E-state index contributed by atoms with van der Waals surface area (Å²) in [6, 6.07) is 6.17. The van der Waals surface area contributed by atoms with Crippen LogP contribution in [0.25, 0.3) is 10.9 Å². The van der Waals surface area contributed by atoms with Crippen molar-refractivity contribution < 1.29 is 18.6 Å². The van der Waals surface area contributed by atoms with Crippen LogP contribution in [0.15, 0.2) is 53.4 Å². The summed E-state index contributed by atoms with van der Waals surface area (Å²) < 4.78 is 15.9. The molecule has 0 spiro atoms. The van der Waals surface area contributed by atoms with E-state index >= 15 is 0 Å². The molecule has 0 aliphatic carbocycles. The van der Waals surface area contributed by atoms with Gasteiger partial charge in [0.25, 0.3) is 0 Å². The number of carbonyl (C=O) groups excluding carboxylic acids is 1. The smallest absolute Gasteiger partial charge is 0.390 e. The Morgan fingerprint density at radius 3 is 2.73 bits per heavy atom. The van der Waals surface area contributed by atoms with E-state index in [1.54, 1.807) is 31.3 Å². The summed E-state index contributed by atoms with van der Waals surface area (Å²) in [7, 11) is 5.59. The van der Waals surface area contributed by atoms with Crippen molar-refractivity contribution in [1.82, 2.24) is 24.5 Å². The van der Waals surface area contributed by atoms with E-state index in [-0.39, 0.29) is 17.7 Å². The van der Waals surface area contributed by atoms with E-state index in [0.29, 0.717) is 62.4 Å². The Labute approximate surface area is 237 Å². The van der Waals surface area contributed by atoms with E-state index in [0.717, 1.165) is 5.69 Å². The molecule has 1 aromatic carbocycles. The first kappa shape index (κ1) is 28.7. The average molecular weight is 613 g/mol. The van der Waals surface area contributed by atoms with Crippen molar-refractivity contribution in [3.8, 4) is 0 Å². The Bertz CT molecular complexity index is 1620.